The lowest BCUT2D eigenvalue weighted by molar-refractivity contribution is -0.121. The fraction of sp³-hybridized carbons (Fsp3) is 0.462. The molecule has 2 N–H and O–H groups in total. The summed E-state index contributed by atoms with van der Waals surface area (Å²) in [6.07, 6.45) is 3.11. The van der Waals surface area contributed by atoms with Gasteiger partial charge in [-0.05, 0) is 24.3 Å². The topological polar surface area (TPSA) is 49.3 Å². The van der Waals surface area contributed by atoms with Gasteiger partial charge in [0, 0.05) is 4.90 Å². The molecule has 1 amide bonds. The Labute approximate surface area is 107 Å². The summed E-state index contributed by atoms with van der Waals surface area (Å²) >= 11 is 1.64. The summed E-state index contributed by atoms with van der Waals surface area (Å²) in [6, 6.07) is 7.74. The number of hydrogen-bond acceptors (Lipinski definition) is 3. The van der Waals surface area contributed by atoms with Gasteiger partial charge in [0.15, 0.2) is 0 Å². The predicted octanol–water partition coefficient (Wildman–Crippen LogP) is 1.84. The van der Waals surface area contributed by atoms with Crippen LogP contribution in [0.1, 0.15) is 18.9 Å². The maximum atomic E-state index is 11.8. The molecule has 4 heteroatoms. The van der Waals surface area contributed by atoms with Crippen LogP contribution >= 0.6 is 11.8 Å². The van der Waals surface area contributed by atoms with Crippen LogP contribution in [0.15, 0.2) is 29.2 Å². The van der Waals surface area contributed by atoms with Crippen LogP contribution in [0.3, 0.4) is 0 Å². The van der Waals surface area contributed by atoms with Gasteiger partial charge in [0.05, 0.1) is 19.1 Å². The predicted molar refractivity (Wildman–Crippen MR) is 71.2 cm³/mol. The monoisotopic (exact) mass is 253 g/mol. The third kappa shape index (κ3) is 4.40. The minimum absolute atomic E-state index is 0.00753. The highest BCUT2D eigenvalue weighted by molar-refractivity contribution is 7.98. The first kappa shape index (κ1) is 14.1. The van der Waals surface area contributed by atoms with E-state index in [4.69, 9.17) is 5.11 Å². The Morgan fingerprint density at radius 2 is 2.18 bits per heavy atom. The van der Waals surface area contributed by atoms with E-state index >= 15 is 0 Å². The van der Waals surface area contributed by atoms with Crippen molar-refractivity contribution in [2.24, 2.45) is 0 Å². The molecule has 0 fully saturated rings. The van der Waals surface area contributed by atoms with Crippen LogP contribution in [0.4, 0.5) is 0 Å². The molecule has 0 aromatic heterocycles. The lowest BCUT2D eigenvalue weighted by Gasteiger charge is -2.14. The molecule has 0 spiro atoms. The van der Waals surface area contributed by atoms with Crippen molar-refractivity contribution in [2.75, 3.05) is 12.9 Å². The maximum Gasteiger partial charge on any atom is 0.224 e. The summed E-state index contributed by atoms with van der Waals surface area (Å²) in [7, 11) is 0. The third-order valence-electron chi connectivity index (χ3n) is 2.62. The van der Waals surface area contributed by atoms with E-state index in [1.165, 1.54) is 0 Å². The second-order valence-corrected chi connectivity index (χ2v) is 4.69. The highest BCUT2D eigenvalue weighted by Crippen LogP contribution is 2.20. The van der Waals surface area contributed by atoms with E-state index in [1.807, 2.05) is 37.4 Å². The van der Waals surface area contributed by atoms with E-state index in [1.54, 1.807) is 11.8 Å². The molecule has 1 unspecified atom stereocenters. The largest absolute Gasteiger partial charge is 0.394 e. The second-order valence-electron chi connectivity index (χ2n) is 3.84. The summed E-state index contributed by atoms with van der Waals surface area (Å²) < 4.78 is 0. The Kier molecular flexibility index (Phi) is 6.08. The normalized spacial score (nSPS) is 12.2. The standard InChI is InChI=1S/C13H19NO2S/c1-3-11(9-15)14-13(16)8-10-6-4-5-7-12(10)17-2/h4-7,11,15H,3,8-9H2,1-2H3,(H,14,16). The molecule has 0 aliphatic rings. The van der Waals surface area contributed by atoms with Gasteiger partial charge in [0.25, 0.3) is 0 Å². The van der Waals surface area contributed by atoms with Gasteiger partial charge in [0.2, 0.25) is 5.91 Å². The van der Waals surface area contributed by atoms with E-state index in [9.17, 15) is 4.79 Å². The van der Waals surface area contributed by atoms with Crippen LogP contribution in [0.25, 0.3) is 0 Å². The van der Waals surface area contributed by atoms with Crippen molar-refractivity contribution in [3.63, 3.8) is 0 Å². The van der Waals surface area contributed by atoms with Crippen molar-refractivity contribution in [3.05, 3.63) is 29.8 Å². The Morgan fingerprint density at radius 1 is 1.47 bits per heavy atom. The molecule has 0 saturated heterocycles. The number of amides is 1. The van der Waals surface area contributed by atoms with Crippen LogP contribution in [0, 0.1) is 0 Å². The highest BCUT2D eigenvalue weighted by Gasteiger charge is 2.11. The molecule has 1 aromatic rings. The van der Waals surface area contributed by atoms with Gasteiger partial charge in [-0.1, -0.05) is 25.1 Å². The Morgan fingerprint density at radius 3 is 2.76 bits per heavy atom. The molecule has 17 heavy (non-hydrogen) atoms. The molecule has 0 aliphatic heterocycles. The van der Waals surface area contributed by atoms with Crippen molar-refractivity contribution in [3.8, 4) is 0 Å². The zero-order chi connectivity index (χ0) is 12.7. The Hall–Kier alpha value is -1.00. The SMILES string of the molecule is CCC(CO)NC(=O)Cc1ccccc1SC. The van der Waals surface area contributed by atoms with Crippen molar-refractivity contribution in [2.45, 2.75) is 30.7 Å². The van der Waals surface area contributed by atoms with Crippen LogP contribution < -0.4 is 5.32 Å². The molecule has 94 valence electrons. The number of carbonyl (C=O) groups is 1. The number of aliphatic hydroxyl groups is 1. The molecule has 0 saturated carbocycles. The Balaban J connectivity index is 2.61. The molecule has 3 nitrogen and oxygen atoms in total. The summed E-state index contributed by atoms with van der Waals surface area (Å²) in [5.41, 5.74) is 1.03. The van der Waals surface area contributed by atoms with Crippen LogP contribution in [0.2, 0.25) is 0 Å². The summed E-state index contributed by atoms with van der Waals surface area (Å²) in [4.78, 5) is 12.9. The fourth-order valence-corrected chi connectivity index (χ4v) is 2.19. The molecule has 1 rings (SSSR count). The number of carbonyl (C=O) groups excluding carboxylic acids is 1. The number of nitrogens with one attached hydrogen (secondary N) is 1. The van der Waals surface area contributed by atoms with Crippen molar-refractivity contribution in [1.29, 1.82) is 0 Å². The third-order valence-corrected chi connectivity index (χ3v) is 3.46. The lowest BCUT2D eigenvalue weighted by Crippen LogP contribution is -2.37. The van der Waals surface area contributed by atoms with Crippen molar-refractivity contribution < 1.29 is 9.90 Å². The molecule has 0 aliphatic carbocycles. The van der Waals surface area contributed by atoms with Crippen molar-refractivity contribution in [1.82, 2.24) is 5.32 Å². The number of rotatable bonds is 6. The van der Waals surface area contributed by atoms with Gasteiger partial charge < -0.3 is 10.4 Å². The average molecular weight is 253 g/mol. The lowest BCUT2D eigenvalue weighted by atomic mass is 10.1. The zero-order valence-corrected chi connectivity index (χ0v) is 11.1. The van der Waals surface area contributed by atoms with Crippen LogP contribution in [0.5, 0.6) is 0 Å². The summed E-state index contributed by atoms with van der Waals surface area (Å²) in [5, 5.41) is 11.8. The highest BCUT2D eigenvalue weighted by atomic mass is 32.2. The summed E-state index contributed by atoms with van der Waals surface area (Å²) in [5.74, 6) is -0.0348. The molecule has 0 heterocycles. The van der Waals surface area contributed by atoms with E-state index in [0.29, 0.717) is 6.42 Å². The molecule has 0 radical (unpaired) electrons. The maximum absolute atomic E-state index is 11.8. The van der Waals surface area contributed by atoms with Gasteiger partial charge in [-0.25, -0.2) is 0 Å². The minimum atomic E-state index is -0.135. The first-order valence-electron chi connectivity index (χ1n) is 5.73. The van der Waals surface area contributed by atoms with Crippen molar-refractivity contribution >= 4 is 17.7 Å². The fourth-order valence-electron chi connectivity index (χ4n) is 1.58. The van der Waals surface area contributed by atoms with E-state index < -0.39 is 0 Å². The van der Waals surface area contributed by atoms with Gasteiger partial charge in [-0.15, -0.1) is 11.8 Å². The molecule has 1 aromatic carbocycles. The first-order chi connectivity index (χ1) is 8.21. The zero-order valence-electron chi connectivity index (χ0n) is 10.3. The number of thioether (sulfide) groups is 1. The quantitative estimate of drug-likeness (QED) is 0.761. The minimum Gasteiger partial charge on any atom is -0.394 e. The van der Waals surface area contributed by atoms with Crippen LogP contribution in [-0.4, -0.2) is 29.9 Å². The smallest absolute Gasteiger partial charge is 0.224 e. The first-order valence-corrected chi connectivity index (χ1v) is 6.95. The van der Waals surface area contributed by atoms with E-state index in [-0.39, 0.29) is 18.6 Å². The molecule has 0 bridgehead atoms. The van der Waals surface area contributed by atoms with E-state index in [2.05, 4.69) is 5.32 Å². The molecule has 1 atom stereocenters. The van der Waals surface area contributed by atoms with Gasteiger partial charge in [-0.2, -0.15) is 0 Å². The molecular weight excluding hydrogens is 234 g/mol. The Bertz CT molecular complexity index is 364. The van der Waals surface area contributed by atoms with Gasteiger partial charge in [0.1, 0.15) is 0 Å². The average Bonchev–Trinajstić information content (AvgIpc) is 2.36. The van der Waals surface area contributed by atoms with Crippen LogP contribution in [-0.2, 0) is 11.2 Å². The summed E-state index contributed by atoms with van der Waals surface area (Å²) in [6.45, 7) is 1.93. The molecular formula is C13H19NO2S. The second kappa shape index (κ2) is 7.35. The van der Waals surface area contributed by atoms with E-state index in [0.717, 1.165) is 16.9 Å². The number of benzene rings is 1. The van der Waals surface area contributed by atoms with Gasteiger partial charge >= 0.3 is 0 Å². The number of hydrogen-bond donors (Lipinski definition) is 2. The van der Waals surface area contributed by atoms with Gasteiger partial charge in [-0.3, -0.25) is 4.79 Å². The number of aliphatic hydroxyl groups excluding tert-OH is 1.